The number of amides is 2. The number of anilines is 1. The van der Waals surface area contributed by atoms with Crippen molar-refractivity contribution in [3.8, 4) is 11.5 Å². The minimum absolute atomic E-state index is 0.00454. The molecule has 42 heavy (non-hydrogen) atoms. The van der Waals surface area contributed by atoms with Crippen molar-refractivity contribution in [2.45, 2.75) is 30.0 Å². The maximum atomic E-state index is 14.3. The van der Waals surface area contributed by atoms with Crippen molar-refractivity contribution < 1.29 is 27.5 Å². The molecule has 0 unspecified atom stereocenters. The molecule has 0 bridgehead atoms. The van der Waals surface area contributed by atoms with Crippen LogP contribution in [-0.4, -0.2) is 11.8 Å². The number of carbonyl (C=O) groups is 2. The lowest BCUT2D eigenvalue weighted by Crippen LogP contribution is -2.56. The van der Waals surface area contributed by atoms with Gasteiger partial charge in [0.25, 0.3) is 0 Å². The van der Waals surface area contributed by atoms with Crippen LogP contribution in [0.5, 0.6) is 11.5 Å². The van der Waals surface area contributed by atoms with Crippen LogP contribution in [0.15, 0.2) is 89.4 Å². The van der Waals surface area contributed by atoms with E-state index in [2.05, 4.69) is 26.6 Å². The fraction of sp³-hybridized carbons (Fsp3) is 0.161. The number of halogens is 6. The van der Waals surface area contributed by atoms with E-state index in [0.717, 1.165) is 12.1 Å². The Hall–Kier alpha value is -3.53. The van der Waals surface area contributed by atoms with Crippen LogP contribution >= 0.6 is 39.1 Å². The van der Waals surface area contributed by atoms with Crippen LogP contribution in [0.25, 0.3) is 0 Å². The van der Waals surface area contributed by atoms with E-state index in [4.69, 9.17) is 27.9 Å². The third kappa shape index (κ3) is 4.93. The molecule has 4 aromatic rings. The van der Waals surface area contributed by atoms with E-state index in [0.29, 0.717) is 36.9 Å². The SMILES string of the molecule is O=C1C[C@@H](c2cccc(Cl)c2)[C@]2(C(=O)Nc3cc(Cl)ccc32)[C@@H](c2cc(Br)ccc2Oc2ccc(C(F)(F)F)cc2)N1. The van der Waals surface area contributed by atoms with Gasteiger partial charge in [-0.25, -0.2) is 0 Å². The average molecular weight is 676 g/mol. The fourth-order valence-electron chi connectivity index (χ4n) is 5.95. The number of hydrogen-bond acceptors (Lipinski definition) is 3. The average Bonchev–Trinajstić information content (AvgIpc) is 3.21. The van der Waals surface area contributed by atoms with Crippen molar-refractivity contribution in [2.75, 3.05) is 5.32 Å². The molecule has 2 N–H and O–H groups in total. The zero-order valence-corrected chi connectivity index (χ0v) is 24.5. The molecular formula is C31H20BrCl2F3N2O3. The number of piperidine rings is 1. The molecule has 4 aromatic carbocycles. The van der Waals surface area contributed by atoms with Gasteiger partial charge in [0.1, 0.15) is 16.9 Å². The van der Waals surface area contributed by atoms with Gasteiger partial charge in [-0.2, -0.15) is 13.2 Å². The quantitative estimate of drug-likeness (QED) is 0.227. The molecule has 5 nitrogen and oxygen atoms in total. The molecule has 2 aliphatic heterocycles. The highest BCUT2D eigenvalue weighted by Gasteiger charge is 2.61. The van der Waals surface area contributed by atoms with E-state index in [1.807, 2.05) is 6.07 Å². The highest BCUT2D eigenvalue weighted by Crippen LogP contribution is 2.59. The Morgan fingerprint density at radius 1 is 0.905 bits per heavy atom. The van der Waals surface area contributed by atoms with Crippen molar-refractivity contribution in [1.29, 1.82) is 0 Å². The standard InChI is InChI=1S/C31H20BrCl2F3N2O3/c32-18-6-11-26(42-21-8-4-17(5-9-21)31(35,36)37)22(13-18)28-30(23-10-7-20(34)14-25(23)38-29(30)41)24(15-27(40)39-28)16-2-1-3-19(33)12-16/h1-14,24,28H,15H2,(H,38,41)(H,39,40)/t24-,28+,30-/m0/s1. The zero-order chi connectivity index (χ0) is 29.8. The molecule has 2 aliphatic rings. The first kappa shape index (κ1) is 28.6. The van der Waals surface area contributed by atoms with Gasteiger partial charge in [0, 0.05) is 38.1 Å². The van der Waals surface area contributed by atoms with Crippen molar-refractivity contribution in [3.05, 3.63) is 122 Å². The molecule has 1 fully saturated rings. The van der Waals surface area contributed by atoms with Gasteiger partial charge >= 0.3 is 6.18 Å². The Morgan fingerprint density at radius 2 is 1.64 bits per heavy atom. The van der Waals surface area contributed by atoms with Crippen LogP contribution in [0.1, 0.15) is 40.6 Å². The number of ether oxygens (including phenoxy) is 1. The summed E-state index contributed by atoms with van der Waals surface area (Å²) in [6.07, 6.45) is -4.50. The second-order valence-electron chi connectivity index (χ2n) is 10.1. The normalized spacial score (nSPS) is 21.6. The minimum Gasteiger partial charge on any atom is -0.457 e. The second kappa shape index (κ2) is 10.6. The minimum atomic E-state index is -4.50. The van der Waals surface area contributed by atoms with E-state index in [1.165, 1.54) is 12.1 Å². The second-order valence-corrected chi connectivity index (χ2v) is 11.9. The van der Waals surface area contributed by atoms with Gasteiger partial charge in [-0.3, -0.25) is 9.59 Å². The monoisotopic (exact) mass is 674 g/mol. The van der Waals surface area contributed by atoms with Gasteiger partial charge < -0.3 is 15.4 Å². The lowest BCUT2D eigenvalue weighted by atomic mass is 9.59. The van der Waals surface area contributed by atoms with Crippen molar-refractivity contribution >= 4 is 56.6 Å². The van der Waals surface area contributed by atoms with Gasteiger partial charge in [-0.1, -0.05) is 57.3 Å². The number of fused-ring (bicyclic) bond motifs is 2. The van der Waals surface area contributed by atoms with E-state index in [-0.39, 0.29) is 29.7 Å². The van der Waals surface area contributed by atoms with E-state index >= 15 is 0 Å². The molecule has 2 heterocycles. The molecule has 11 heteroatoms. The van der Waals surface area contributed by atoms with E-state index < -0.39 is 29.1 Å². The first-order chi connectivity index (χ1) is 20.0. The lowest BCUT2D eigenvalue weighted by Gasteiger charge is -2.46. The van der Waals surface area contributed by atoms with Crippen LogP contribution in [-0.2, 0) is 21.2 Å². The van der Waals surface area contributed by atoms with Crippen LogP contribution in [0.2, 0.25) is 10.0 Å². The molecule has 0 aromatic heterocycles. The van der Waals surface area contributed by atoms with Crippen LogP contribution in [0, 0.1) is 0 Å². The molecule has 1 spiro atoms. The third-order valence-electron chi connectivity index (χ3n) is 7.69. The molecule has 3 atom stereocenters. The van der Waals surface area contributed by atoms with E-state index in [9.17, 15) is 22.8 Å². The fourth-order valence-corrected chi connectivity index (χ4v) is 6.70. The lowest BCUT2D eigenvalue weighted by molar-refractivity contribution is -0.137. The highest BCUT2D eigenvalue weighted by molar-refractivity contribution is 9.10. The molecule has 214 valence electrons. The summed E-state index contributed by atoms with van der Waals surface area (Å²) in [7, 11) is 0. The molecule has 2 amide bonds. The van der Waals surface area contributed by atoms with Crippen LogP contribution < -0.4 is 15.4 Å². The first-order valence-corrected chi connectivity index (χ1v) is 14.3. The summed E-state index contributed by atoms with van der Waals surface area (Å²) < 4.78 is 46.2. The van der Waals surface area contributed by atoms with Gasteiger partial charge in [0.05, 0.1) is 11.6 Å². The maximum absolute atomic E-state index is 14.3. The Bertz CT molecular complexity index is 1730. The summed E-state index contributed by atoms with van der Waals surface area (Å²) >= 11 is 16.1. The number of hydrogen-bond donors (Lipinski definition) is 2. The highest BCUT2D eigenvalue weighted by atomic mass is 79.9. The third-order valence-corrected chi connectivity index (χ3v) is 8.66. The number of nitrogens with one attached hydrogen (secondary N) is 2. The summed E-state index contributed by atoms with van der Waals surface area (Å²) in [5, 5.41) is 6.88. The van der Waals surface area contributed by atoms with Gasteiger partial charge in [0.15, 0.2) is 0 Å². The van der Waals surface area contributed by atoms with Gasteiger partial charge in [-0.05, 0) is 77.9 Å². The van der Waals surface area contributed by atoms with Crippen LogP contribution in [0.4, 0.5) is 18.9 Å². The molecular weight excluding hydrogens is 656 g/mol. The van der Waals surface area contributed by atoms with Gasteiger partial charge in [-0.15, -0.1) is 0 Å². The summed E-state index contributed by atoms with van der Waals surface area (Å²) in [4.78, 5) is 27.6. The molecule has 0 aliphatic carbocycles. The van der Waals surface area contributed by atoms with Crippen molar-refractivity contribution in [2.24, 2.45) is 0 Å². The molecule has 6 rings (SSSR count). The zero-order valence-electron chi connectivity index (χ0n) is 21.4. The smallest absolute Gasteiger partial charge is 0.416 e. The summed E-state index contributed by atoms with van der Waals surface area (Å²) in [5.74, 6) is -0.890. The summed E-state index contributed by atoms with van der Waals surface area (Å²) in [6, 6.07) is 20.6. The predicted molar refractivity (Wildman–Crippen MR) is 157 cm³/mol. The summed E-state index contributed by atoms with van der Waals surface area (Å²) in [6.45, 7) is 0. The Kier molecular flexibility index (Phi) is 7.23. The topological polar surface area (TPSA) is 67.4 Å². The Labute approximate surface area is 257 Å². The molecule has 0 saturated carbocycles. The largest absolute Gasteiger partial charge is 0.457 e. The number of carbonyl (C=O) groups excluding carboxylic acids is 2. The molecule has 1 saturated heterocycles. The maximum Gasteiger partial charge on any atom is 0.416 e. The first-order valence-electron chi connectivity index (χ1n) is 12.8. The number of alkyl halides is 3. The van der Waals surface area contributed by atoms with Crippen molar-refractivity contribution in [1.82, 2.24) is 5.32 Å². The van der Waals surface area contributed by atoms with E-state index in [1.54, 1.807) is 54.6 Å². The number of benzene rings is 4. The summed E-state index contributed by atoms with van der Waals surface area (Å²) in [5.41, 5.74) is 0.111. The predicted octanol–water partition coefficient (Wildman–Crippen LogP) is 8.80. The Morgan fingerprint density at radius 3 is 2.36 bits per heavy atom. The van der Waals surface area contributed by atoms with Crippen LogP contribution in [0.3, 0.4) is 0 Å². The molecule has 0 radical (unpaired) electrons. The number of rotatable bonds is 4. The Balaban J connectivity index is 1.55. The van der Waals surface area contributed by atoms with Crippen molar-refractivity contribution in [3.63, 3.8) is 0 Å². The van der Waals surface area contributed by atoms with Gasteiger partial charge in [0.2, 0.25) is 11.8 Å².